The number of aliphatic hydroxyl groups is 1. The number of aryl methyl sites for hydroxylation is 1. The van der Waals surface area contributed by atoms with Crippen molar-refractivity contribution in [2.24, 2.45) is 7.05 Å². The lowest BCUT2D eigenvalue weighted by molar-refractivity contribution is -0.141. The van der Waals surface area contributed by atoms with Crippen molar-refractivity contribution < 1.29 is 27.5 Å². The van der Waals surface area contributed by atoms with Gasteiger partial charge in [-0.15, -0.1) is 0 Å². The van der Waals surface area contributed by atoms with Gasteiger partial charge in [-0.3, -0.25) is 10.1 Å². The summed E-state index contributed by atoms with van der Waals surface area (Å²) in [5, 5.41) is 14.2. The number of hydrogen-bond donors (Lipinski definition) is 3. The molecule has 4 aromatic rings. The molecule has 9 nitrogen and oxygen atoms in total. The average molecular weight is 420 g/mol. The van der Waals surface area contributed by atoms with Crippen molar-refractivity contribution in [3.05, 3.63) is 41.6 Å². The van der Waals surface area contributed by atoms with Gasteiger partial charge in [0.05, 0.1) is 17.6 Å². The predicted octanol–water partition coefficient (Wildman–Crippen LogP) is 2.59. The van der Waals surface area contributed by atoms with E-state index >= 15 is 0 Å². The Bertz CT molecular complexity index is 1250. The van der Waals surface area contributed by atoms with Crippen LogP contribution in [0, 0.1) is 0 Å². The van der Waals surface area contributed by atoms with Crippen LogP contribution in [0.4, 0.5) is 25.1 Å². The summed E-state index contributed by atoms with van der Waals surface area (Å²) in [6.07, 6.45) is -4.59. The number of halogens is 3. The van der Waals surface area contributed by atoms with Crippen LogP contribution in [0.25, 0.3) is 22.3 Å². The molecule has 0 aliphatic carbocycles. The SMILES string of the molecule is Cn1c(Nc2nc3ccc(C(F)(F)F)nc3o2)nc2cc(C(=O)NCCO)ccc21. The Hall–Kier alpha value is -3.67. The van der Waals surface area contributed by atoms with E-state index in [9.17, 15) is 18.0 Å². The first-order valence-electron chi connectivity index (χ1n) is 8.73. The van der Waals surface area contributed by atoms with E-state index < -0.39 is 11.9 Å². The summed E-state index contributed by atoms with van der Waals surface area (Å²) in [6, 6.07) is 6.82. The number of nitrogens with one attached hydrogen (secondary N) is 2. The van der Waals surface area contributed by atoms with Crippen LogP contribution in [0.1, 0.15) is 16.1 Å². The maximum absolute atomic E-state index is 12.8. The molecule has 4 rings (SSSR count). The first-order chi connectivity index (χ1) is 14.3. The predicted molar refractivity (Wildman–Crippen MR) is 100 cm³/mol. The number of imidazole rings is 1. The molecule has 0 atom stereocenters. The molecule has 3 aromatic heterocycles. The van der Waals surface area contributed by atoms with E-state index in [0.717, 1.165) is 6.07 Å². The number of alkyl halides is 3. The minimum atomic E-state index is -4.59. The van der Waals surface area contributed by atoms with Gasteiger partial charge in [-0.1, -0.05) is 0 Å². The number of aromatic nitrogens is 4. The van der Waals surface area contributed by atoms with Crippen LogP contribution in [0.5, 0.6) is 0 Å². The number of amides is 1. The van der Waals surface area contributed by atoms with Crippen molar-refractivity contribution >= 4 is 40.1 Å². The number of pyridine rings is 1. The van der Waals surface area contributed by atoms with Crippen LogP contribution >= 0.6 is 0 Å². The molecular weight excluding hydrogens is 405 g/mol. The summed E-state index contributed by atoms with van der Waals surface area (Å²) in [7, 11) is 1.71. The van der Waals surface area contributed by atoms with Crippen LogP contribution in [-0.2, 0) is 13.2 Å². The quantitative estimate of drug-likeness (QED) is 0.454. The number of hydrogen-bond acceptors (Lipinski definition) is 7. The summed E-state index contributed by atoms with van der Waals surface area (Å²) >= 11 is 0. The zero-order valence-electron chi connectivity index (χ0n) is 15.5. The number of oxazole rings is 1. The summed E-state index contributed by atoms with van der Waals surface area (Å²) in [4.78, 5) is 23.9. The first kappa shape index (κ1) is 19.6. The van der Waals surface area contributed by atoms with Gasteiger partial charge in [0.1, 0.15) is 11.2 Å². The fourth-order valence-electron chi connectivity index (χ4n) is 2.85. The van der Waals surface area contributed by atoms with Gasteiger partial charge in [0.25, 0.3) is 5.91 Å². The molecular formula is C18H15F3N6O3. The second-order valence-electron chi connectivity index (χ2n) is 6.34. The highest BCUT2D eigenvalue weighted by Gasteiger charge is 2.33. The monoisotopic (exact) mass is 420 g/mol. The lowest BCUT2D eigenvalue weighted by Gasteiger charge is -2.03. The molecule has 0 saturated heterocycles. The highest BCUT2D eigenvalue weighted by atomic mass is 19.4. The zero-order valence-corrected chi connectivity index (χ0v) is 15.5. The fourth-order valence-corrected chi connectivity index (χ4v) is 2.85. The van der Waals surface area contributed by atoms with Crippen molar-refractivity contribution in [1.82, 2.24) is 24.8 Å². The molecule has 1 amide bonds. The van der Waals surface area contributed by atoms with E-state index in [-0.39, 0.29) is 36.3 Å². The Balaban J connectivity index is 1.63. The van der Waals surface area contributed by atoms with Gasteiger partial charge in [0, 0.05) is 19.2 Å². The van der Waals surface area contributed by atoms with Crippen molar-refractivity contribution in [3.63, 3.8) is 0 Å². The third-order valence-electron chi connectivity index (χ3n) is 4.31. The molecule has 0 radical (unpaired) electrons. The van der Waals surface area contributed by atoms with Gasteiger partial charge in [-0.25, -0.2) is 9.97 Å². The molecule has 0 aliphatic rings. The smallest absolute Gasteiger partial charge is 0.404 e. The molecule has 0 fully saturated rings. The maximum atomic E-state index is 12.8. The largest absolute Gasteiger partial charge is 0.433 e. The molecule has 3 N–H and O–H groups in total. The first-order valence-corrected chi connectivity index (χ1v) is 8.73. The molecule has 0 unspecified atom stereocenters. The topological polar surface area (TPSA) is 118 Å². The van der Waals surface area contributed by atoms with Gasteiger partial charge in [-0.05, 0) is 30.3 Å². The molecule has 30 heavy (non-hydrogen) atoms. The molecule has 0 bridgehead atoms. The van der Waals surface area contributed by atoms with Crippen molar-refractivity contribution in [2.45, 2.75) is 6.18 Å². The Morgan fingerprint density at radius 1 is 1.17 bits per heavy atom. The standard InChI is InChI=1S/C18H15F3N6O3/c1-27-12-4-2-9(14(29)22-6-7-28)8-11(12)23-16(27)26-17-24-10-3-5-13(18(19,20)21)25-15(10)30-17/h2-5,8,28H,6-7H2,1H3,(H,22,29)(H,23,24,26). The van der Waals surface area contributed by atoms with E-state index in [2.05, 4.69) is 25.6 Å². The van der Waals surface area contributed by atoms with E-state index in [1.807, 2.05) is 0 Å². The number of fused-ring (bicyclic) bond motifs is 2. The van der Waals surface area contributed by atoms with Crippen LogP contribution in [-0.4, -0.2) is 43.7 Å². The van der Waals surface area contributed by atoms with Crippen LogP contribution < -0.4 is 10.6 Å². The summed E-state index contributed by atoms with van der Waals surface area (Å²) < 4.78 is 45.4. The van der Waals surface area contributed by atoms with Gasteiger partial charge in [0.2, 0.25) is 11.7 Å². The number of nitrogens with zero attached hydrogens (tertiary/aromatic N) is 4. The van der Waals surface area contributed by atoms with Crippen molar-refractivity contribution in [1.29, 1.82) is 0 Å². The van der Waals surface area contributed by atoms with E-state index in [0.29, 0.717) is 22.5 Å². The lowest BCUT2D eigenvalue weighted by atomic mass is 10.2. The number of carbonyl (C=O) groups excluding carboxylic acids is 1. The van der Waals surface area contributed by atoms with Gasteiger partial charge in [-0.2, -0.15) is 18.2 Å². The van der Waals surface area contributed by atoms with Gasteiger partial charge >= 0.3 is 12.2 Å². The zero-order chi connectivity index (χ0) is 21.5. The number of anilines is 2. The lowest BCUT2D eigenvalue weighted by Crippen LogP contribution is -2.26. The highest BCUT2D eigenvalue weighted by Crippen LogP contribution is 2.30. The Kier molecular flexibility index (Phi) is 4.78. The Labute approximate surface area is 166 Å². The maximum Gasteiger partial charge on any atom is 0.433 e. The van der Waals surface area contributed by atoms with Crippen molar-refractivity contribution in [3.8, 4) is 0 Å². The molecule has 156 valence electrons. The Morgan fingerprint density at radius 2 is 1.97 bits per heavy atom. The van der Waals surface area contributed by atoms with Crippen LogP contribution in [0.2, 0.25) is 0 Å². The number of rotatable bonds is 5. The normalized spacial score (nSPS) is 11.9. The molecule has 0 spiro atoms. The van der Waals surface area contributed by atoms with E-state index in [4.69, 9.17) is 9.52 Å². The summed E-state index contributed by atoms with van der Waals surface area (Å²) in [5.41, 5.74) is 0.398. The summed E-state index contributed by atoms with van der Waals surface area (Å²) in [5.74, 6) is -0.0443. The number of aliphatic hydroxyl groups excluding tert-OH is 1. The Morgan fingerprint density at radius 3 is 2.70 bits per heavy atom. The van der Waals surface area contributed by atoms with Gasteiger partial charge < -0.3 is 19.4 Å². The number of benzene rings is 1. The van der Waals surface area contributed by atoms with Crippen LogP contribution in [0.3, 0.4) is 0 Å². The van der Waals surface area contributed by atoms with Gasteiger partial charge in [0.15, 0.2) is 0 Å². The molecule has 0 saturated carbocycles. The minimum Gasteiger partial charge on any atom is -0.404 e. The minimum absolute atomic E-state index is 0.0730. The molecule has 12 heteroatoms. The third-order valence-corrected chi connectivity index (χ3v) is 4.31. The second kappa shape index (κ2) is 7.30. The average Bonchev–Trinajstić information content (AvgIpc) is 3.25. The molecule has 3 heterocycles. The van der Waals surface area contributed by atoms with Crippen molar-refractivity contribution in [2.75, 3.05) is 18.5 Å². The van der Waals surface area contributed by atoms with E-state index in [1.165, 1.54) is 6.07 Å². The molecule has 0 aliphatic heterocycles. The fraction of sp³-hybridized carbons (Fsp3) is 0.222. The number of carbonyl (C=O) groups is 1. The van der Waals surface area contributed by atoms with Crippen LogP contribution in [0.15, 0.2) is 34.7 Å². The molecule has 1 aromatic carbocycles. The highest BCUT2D eigenvalue weighted by molar-refractivity contribution is 5.97. The summed E-state index contributed by atoms with van der Waals surface area (Å²) in [6.45, 7) is -0.0385. The second-order valence-corrected chi connectivity index (χ2v) is 6.34. The third kappa shape index (κ3) is 3.64. The van der Waals surface area contributed by atoms with E-state index in [1.54, 1.807) is 29.8 Å².